The maximum atomic E-state index is 14.2. The summed E-state index contributed by atoms with van der Waals surface area (Å²) in [6.45, 7) is 1.81. The number of carbonyl (C=O) groups is 1. The molecule has 8 nitrogen and oxygen atoms in total. The summed E-state index contributed by atoms with van der Waals surface area (Å²) in [6.07, 6.45) is 1.37. The predicted molar refractivity (Wildman–Crippen MR) is 148 cm³/mol. The van der Waals surface area contributed by atoms with E-state index in [4.69, 9.17) is 16.3 Å². The lowest BCUT2D eigenvalue weighted by Gasteiger charge is -2.16. The van der Waals surface area contributed by atoms with Crippen molar-refractivity contribution in [3.63, 3.8) is 0 Å². The molecule has 0 saturated heterocycles. The Morgan fingerprint density at radius 3 is 2.44 bits per heavy atom. The number of nitrogens with zero attached hydrogens (tertiary/aromatic N) is 1. The fourth-order valence-corrected chi connectivity index (χ4v) is 7.01. The molecular weight excluding hydrogens is 610 g/mol. The Morgan fingerprint density at radius 1 is 1.12 bits per heavy atom. The minimum absolute atomic E-state index is 0.0396. The van der Waals surface area contributed by atoms with Gasteiger partial charge in [-0.15, -0.1) is 0 Å². The molecule has 0 aliphatic heterocycles. The highest BCUT2D eigenvalue weighted by Crippen LogP contribution is 2.40. The van der Waals surface area contributed by atoms with Crippen molar-refractivity contribution >= 4 is 49.7 Å². The van der Waals surface area contributed by atoms with Crippen LogP contribution in [0.4, 0.5) is 28.4 Å². The second kappa shape index (κ2) is 12.4. The van der Waals surface area contributed by atoms with Gasteiger partial charge in [0.15, 0.2) is 16.7 Å². The molecule has 0 bridgehead atoms. The van der Waals surface area contributed by atoms with Gasteiger partial charge >= 0.3 is 12.1 Å². The zero-order valence-electron chi connectivity index (χ0n) is 21.9. The van der Waals surface area contributed by atoms with Crippen LogP contribution in [-0.2, 0) is 14.8 Å². The number of hydrogen-bond donors (Lipinski definition) is 2. The summed E-state index contributed by atoms with van der Waals surface area (Å²) in [5, 5.41) is 3.33. The Hall–Kier alpha value is -3.10. The van der Waals surface area contributed by atoms with Crippen LogP contribution in [-0.4, -0.2) is 38.7 Å². The molecule has 41 heavy (non-hydrogen) atoms. The molecule has 15 heteroatoms. The van der Waals surface area contributed by atoms with Crippen molar-refractivity contribution in [3.05, 3.63) is 46.9 Å². The zero-order chi connectivity index (χ0) is 29.9. The summed E-state index contributed by atoms with van der Waals surface area (Å²) in [7, 11) is -3.24. The number of methoxy groups -OCH3 is 1. The largest absolute Gasteiger partial charge is 0.495 e. The number of sulfonamides is 1. The van der Waals surface area contributed by atoms with Gasteiger partial charge in [-0.3, -0.25) is 4.72 Å². The molecule has 1 saturated carbocycles. The molecule has 0 spiro atoms. The Bertz CT molecular complexity index is 1540. The summed E-state index contributed by atoms with van der Waals surface area (Å²) in [5.41, 5.74) is 0.694. The Balaban J connectivity index is 1.64. The number of alkyl halides is 3. The normalized spacial score (nSPS) is 14.8. The van der Waals surface area contributed by atoms with Crippen LogP contribution in [0.1, 0.15) is 44.2 Å². The first-order valence-electron chi connectivity index (χ1n) is 12.5. The average molecular weight is 636 g/mol. The molecule has 4 rings (SSSR count). The van der Waals surface area contributed by atoms with E-state index in [2.05, 4.69) is 19.8 Å². The zero-order valence-corrected chi connectivity index (χ0v) is 24.3. The van der Waals surface area contributed by atoms with Gasteiger partial charge in [0, 0.05) is 6.04 Å². The second-order valence-electron chi connectivity index (χ2n) is 9.36. The van der Waals surface area contributed by atoms with E-state index in [1.54, 1.807) is 6.07 Å². The molecule has 1 aliphatic carbocycles. The third-order valence-electron chi connectivity index (χ3n) is 6.41. The molecular formula is C26H26ClF4N3O5S2. The van der Waals surface area contributed by atoms with Crippen LogP contribution in [0.15, 0.2) is 35.2 Å². The smallest absolute Gasteiger partial charge is 0.491 e. The number of thiazole rings is 1. The average Bonchev–Trinajstić information content (AvgIpc) is 3.09. The standard InChI is InChI=1S/C26H26ClF4N3O5S2/c1-14-23(40-25(32-14)33-16-7-5-3-4-6-8-16)15-9-12-19(38-2)20(13-15)41(36,37)34-18-11-10-17(28)22(21(18)27)39-24(35)26(29,30)31/h9-13,16,34H,3-8H2,1-2H3,(H,32,33). The van der Waals surface area contributed by atoms with Gasteiger partial charge in [-0.05, 0) is 55.7 Å². The quantitative estimate of drug-likeness (QED) is 0.116. The van der Waals surface area contributed by atoms with Gasteiger partial charge < -0.3 is 14.8 Å². The maximum absolute atomic E-state index is 14.2. The fraction of sp³-hybridized carbons (Fsp3) is 0.385. The van der Waals surface area contributed by atoms with Crippen LogP contribution in [0, 0.1) is 12.7 Å². The summed E-state index contributed by atoms with van der Waals surface area (Å²) < 4.78 is 90.4. The summed E-state index contributed by atoms with van der Waals surface area (Å²) in [6, 6.07) is 6.29. The van der Waals surface area contributed by atoms with Gasteiger partial charge in [0.2, 0.25) is 0 Å². The van der Waals surface area contributed by atoms with Crippen LogP contribution in [0.2, 0.25) is 5.02 Å². The van der Waals surface area contributed by atoms with E-state index in [9.17, 15) is 30.8 Å². The SMILES string of the molecule is COc1ccc(-c2sc(NC3CCCCCC3)nc2C)cc1S(=O)(=O)Nc1ccc(F)c(OC(=O)C(F)(F)F)c1Cl. The van der Waals surface area contributed by atoms with Crippen LogP contribution < -0.4 is 19.5 Å². The molecule has 222 valence electrons. The summed E-state index contributed by atoms with van der Waals surface area (Å²) >= 11 is 7.34. The molecule has 1 aliphatic rings. The predicted octanol–water partition coefficient (Wildman–Crippen LogP) is 7.32. The van der Waals surface area contributed by atoms with Crippen molar-refractivity contribution in [2.45, 2.75) is 62.6 Å². The number of carbonyl (C=O) groups excluding carboxylic acids is 1. The monoisotopic (exact) mass is 635 g/mol. The molecule has 2 N–H and O–H groups in total. The number of anilines is 2. The number of aromatic nitrogens is 1. The van der Waals surface area contributed by atoms with E-state index < -0.39 is 44.4 Å². The van der Waals surface area contributed by atoms with Gasteiger partial charge in [0.1, 0.15) is 15.7 Å². The number of halogens is 5. The number of hydrogen-bond acceptors (Lipinski definition) is 8. The van der Waals surface area contributed by atoms with E-state index in [-0.39, 0.29) is 10.6 Å². The Kier molecular flexibility index (Phi) is 9.34. The van der Waals surface area contributed by atoms with E-state index in [1.807, 2.05) is 6.92 Å². The highest BCUT2D eigenvalue weighted by molar-refractivity contribution is 7.92. The van der Waals surface area contributed by atoms with Crippen molar-refractivity contribution in [1.82, 2.24) is 4.98 Å². The van der Waals surface area contributed by atoms with Crippen molar-refractivity contribution in [1.29, 1.82) is 0 Å². The first-order valence-corrected chi connectivity index (χ1v) is 15.2. The molecule has 1 fully saturated rings. The highest BCUT2D eigenvalue weighted by Gasteiger charge is 2.42. The Labute approximate surface area is 243 Å². The lowest BCUT2D eigenvalue weighted by atomic mass is 10.1. The lowest BCUT2D eigenvalue weighted by Crippen LogP contribution is -2.28. The third-order valence-corrected chi connectivity index (χ3v) is 9.31. The molecule has 2 aromatic carbocycles. The van der Waals surface area contributed by atoms with Crippen LogP contribution in [0.25, 0.3) is 10.4 Å². The topological polar surface area (TPSA) is 107 Å². The van der Waals surface area contributed by atoms with Gasteiger partial charge in [-0.2, -0.15) is 13.2 Å². The highest BCUT2D eigenvalue weighted by atomic mass is 35.5. The second-order valence-corrected chi connectivity index (χ2v) is 12.4. The van der Waals surface area contributed by atoms with E-state index in [0.29, 0.717) is 23.4 Å². The van der Waals surface area contributed by atoms with E-state index in [1.165, 1.54) is 43.4 Å². The van der Waals surface area contributed by atoms with Gasteiger partial charge in [0.05, 0.1) is 23.4 Å². The van der Waals surface area contributed by atoms with Crippen molar-refractivity contribution in [3.8, 4) is 21.9 Å². The number of esters is 1. The summed E-state index contributed by atoms with van der Waals surface area (Å²) in [5.74, 6) is -5.43. The first-order chi connectivity index (χ1) is 19.3. The van der Waals surface area contributed by atoms with Crippen LogP contribution in [0.5, 0.6) is 11.5 Å². The van der Waals surface area contributed by atoms with Crippen molar-refractivity contribution in [2.75, 3.05) is 17.1 Å². The van der Waals surface area contributed by atoms with Gasteiger partial charge in [-0.25, -0.2) is 22.6 Å². The number of nitrogens with one attached hydrogen (secondary N) is 2. The number of aryl methyl sites for hydroxylation is 1. The Morgan fingerprint density at radius 2 is 1.80 bits per heavy atom. The fourth-order valence-electron chi connectivity index (χ4n) is 4.41. The molecule has 0 radical (unpaired) electrons. The van der Waals surface area contributed by atoms with E-state index in [0.717, 1.165) is 41.8 Å². The first kappa shape index (κ1) is 30.8. The maximum Gasteiger partial charge on any atom is 0.491 e. The number of benzene rings is 2. The molecule has 1 aromatic heterocycles. The third kappa shape index (κ3) is 7.22. The molecule has 3 aromatic rings. The van der Waals surface area contributed by atoms with Gasteiger partial charge in [-0.1, -0.05) is 48.6 Å². The molecule has 1 heterocycles. The minimum atomic E-state index is -5.43. The minimum Gasteiger partial charge on any atom is -0.495 e. The number of rotatable bonds is 8. The molecule has 0 unspecified atom stereocenters. The van der Waals surface area contributed by atoms with Crippen molar-refractivity contribution in [2.24, 2.45) is 0 Å². The lowest BCUT2D eigenvalue weighted by molar-refractivity contribution is -0.189. The number of ether oxygens (including phenoxy) is 2. The van der Waals surface area contributed by atoms with Crippen LogP contribution >= 0.6 is 22.9 Å². The molecule has 0 amide bonds. The van der Waals surface area contributed by atoms with Gasteiger partial charge in [0.25, 0.3) is 10.0 Å². The van der Waals surface area contributed by atoms with Crippen LogP contribution in [0.3, 0.4) is 0 Å². The molecule has 0 atom stereocenters. The summed E-state index contributed by atoms with van der Waals surface area (Å²) in [4.78, 5) is 16.3. The van der Waals surface area contributed by atoms with Crippen molar-refractivity contribution < 1.29 is 40.2 Å². The van der Waals surface area contributed by atoms with E-state index >= 15 is 0 Å².